The molecule has 0 aliphatic rings. The molecular formula is C22H20N4O2S. The summed E-state index contributed by atoms with van der Waals surface area (Å²) in [4.78, 5) is 20.4. The lowest BCUT2D eigenvalue weighted by Crippen LogP contribution is -2.31. The van der Waals surface area contributed by atoms with Crippen molar-refractivity contribution in [2.75, 3.05) is 6.54 Å². The molecule has 0 aliphatic carbocycles. The average molecular weight is 404 g/mol. The van der Waals surface area contributed by atoms with Crippen LogP contribution >= 0.6 is 11.3 Å². The Balaban J connectivity index is 1.68. The molecule has 2 aromatic carbocycles. The van der Waals surface area contributed by atoms with Gasteiger partial charge in [0.05, 0.1) is 10.6 Å². The molecule has 0 saturated carbocycles. The maximum absolute atomic E-state index is 13.2. The Hall–Kier alpha value is -3.45. The number of benzene rings is 2. The highest BCUT2D eigenvalue weighted by Gasteiger charge is 2.23. The van der Waals surface area contributed by atoms with E-state index in [9.17, 15) is 9.90 Å². The van der Waals surface area contributed by atoms with Crippen LogP contribution in [0.25, 0.3) is 16.4 Å². The number of aromatic hydroxyl groups is 1. The standard InChI is InChI=1S/C22H20N4O2S/c1-2-25(15-16-10-12-18(27)13-11-16)22(28)20-23-21(19-9-6-14-29-19)26(24-20)17-7-4-3-5-8-17/h3-14,27H,2,15H2,1H3. The number of rotatable bonds is 6. The van der Waals surface area contributed by atoms with Gasteiger partial charge in [-0.25, -0.2) is 9.67 Å². The molecule has 0 fully saturated rings. The van der Waals surface area contributed by atoms with Gasteiger partial charge >= 0.3 is 0 Å². The maximum atomic E-state index is 13.2. The van der Waals surface area contributed by atoms with E-state index in [1.54, 1.807) is 45.2 Å². The van der Waals surface area contributed by atoms with E-state index in [0.717, 1.165) is 16.1 Å². The molecule has 6 nitrogen and oxygen atoms in total. The third kappa shape index (κ3) is 4.05. The summed E-state index contributed by atoms with van der Waals surface area (Å²) in [6.07, 6.45) is 0. The second-order valence-electron chi connectivity index (χ2n) is 6.47. The molecule has 29 heavy (non-hydrogen) atoms. The summed E-state index contributed by atoms with van der Waals surface area (Å²) in [5.74, 6) is 0.785. The minimum absolute atomic E-state index is 0.165. The molecule has 0 spiro atoms. The normalized spacial score (nSPS) is 10.8. The second kappa shape index (κ2) is 8.28. The smallest absolute Gasteiger partial charge is 0.293 e. The van der Waals surface area contributed by atoms with E-state index in [1.807, 2.05) is 54.8 Å². The minimum Gasteiger partial charge on any atom is -0.508 e. The molecule has 7 heteroatoms. The van der Waals surface area contributed by atoms with E-state index in [0.29, 0.717) is 18.9 Å². The highest BCUT2D eigenvalue weighted by Crippen LogP contribution is 2.26. The number of hydrogen-bond acceptors (Lipinski definition) is 5. The van der Waals surface area contributed by atoms with E-state index in [1.165, 1.54) is 0 Å². The molecule has 0 radical (unpaired) electrons. The van der Waals surface area contributed by atoms with Crippen LogP contribution in [0, 0.1) is 0 Å². The number of amides is 1. The molecule has 4 aromatic rings. The van der Waals surface area contributed by atoms with Crippen molar-refractivity contribution in [2.45, 2.75) is 13.5 Å². The van der Waals surface area contributed by atoms with Crippen molar-refractivity contribution in [3.8, 4) is 22.1 Å². The van der Waals surface area contributed by atoms with Crippen molar-refractivity contribution >= 4 is 17.2 Å². The average Bonchev–Trinajstić information content (AvgIpc) is 3.43. The largest absolute Gasteiger partial charge is 0.508 e. The summed E-state index contributed by atoms with van der Waals surface area (Å²) >= 11 is 1.56. The Bertz CT molecular complexity index is 1090. The number of carbonyl (C=O) groups excluding carboxylic acids is 1. The van der Waals surface area contributed by atoms with Gasteiger partial charge in [0.25, 0.3) is 5.91 Å². The van der Waals surface area contributed by atoms with Gasteiger partial charge in [-0.3, -0.25) is 4.79 Å². The first-order valence-corrected chi connectivity index (χ1v) is 10.2. The summed E-state index contributed by atoms with van der Waals surface area (Å²) < 4.78 is 1.72. The van der Waals surface area contributed by atoms with E-state index < -0.39 is 0 Å². The highest BCUT2D eigenvalue weighted by atomic mass is 32.1. The first-order valence-electron chi connectivity index (χ1n) is 9.29. The minimum atomic E-state index is -0.229. The highest BCUT2D eigenvalue weighted by molar-refractivity contribution is 7.13. The topological polar surface area (TPSA) is 71.2 Å². The molecule has 0 aliphatic heterocycles. The van der Waals surface area contributed by atoms with Crippen LogP contribution in [0.4, 0.5) is 0 Å². The van der Waals surface area contributed by atoms with E-state index in [4.69, 9.17) is 0 Å². The van der Waals surface area contributed by atoms with Crippen LogP contribution in [0.15, 0.2) is 72.1 Å². The van der Waals surface area contributed by atoms with Gasteiger partial charge < -0.3 is 10.0 Å². The van der Waals surface area contributed by atoms with Crippen LogP contribution < -0.4 is 0 Å². The third-order valence-electron chi connectivity index (χ3n) is 4.52. The fraction of sp³-hybridized carbons (Fsp3) is 0.136. The van der Waals surface area contributed by atoms with Crippen molar-refractivity contribution in [2.24, 2.45) is 0 Å². The van der Waals surface area contributed by atoms with E-state index in [-0.39, 0.29) is 17.5 Å². The van der Waals surface area contributed by atoms with Gasteiger partial charge in [0, 0.05) is 13.1 Å². The number of phenols is 1. The SMILES string of the molecule is CCN(Cc1ccc(O)cc1)C(=O)c1nc(-c2cccs2)n(-c2ccccc2)n1. The molecule has 0 saturated heterocycles. The quantitative estimate of drug-likeness (QED) is 0.518. The summed E-state index contributed by atoms with van der Waals surface area (Å²) in [5.41, 5.74) is 1.78. The lowest BCUT2D eigenvalue weighted by molar-refractivity contribution is 0.0740. The Labute approximate surface area is 172 Å². The van der Waals surface area contributed by atoms with E-state index >= 15 is 0 Å². The zero-order valence-corrected chi connectivity index (χ0v) is 16.7. The van der Waals surface area contributed by atoms with E-state index in [2.05, 4.69) is 10.1 Å². The lowest BCUT2D eigenvalue weighted by Gasteiger charge is -2.19. The van der Waals surface area contributed by atoms with Gasteiger partial charge in [-0.05, 0) is 48.2 Å². The fourth-order valence-electron chi connectivity index (χ4n) is 3.01. The molecule has 1 N–H and O–H groups in total. The monoisotopic (exact) mass is 404 g/mol. The van der Waals surface area contributed by atoms with Gasteiger partial charge in [-0.15, -0.1) is 16.4 Å². The number of hydrogen-bond donors (Lipinski definition) is 1. The van der Waals surface area contributed by atoms with Gasteiger partial charge in [0.1, 0.15) is 5.75 Å². The molecule has 0 bridgehead atoms. The van der Waals surface area contributed by atoms with Gasteiger partial charge in [0.15, 0.2) is 5.82 Å². The molecule has 1 amide bonds. The summed E-state index contributed by atoms with van der Waals surface area (Å²) in [6, 6.07) is 20.4. The Kier molecular flexibility index (Phi) is 5.39. The summed E-state index contributed by atoms with van der Waals surface area (Å²) in [6.45, 7) is 2.87. The molecule has 2 aromatic heterocycles. The molecule has 0 unspecified atom stereocenters. The van der Waals surface area contributed by atoms with Gasteiger partial charge in [-0.2, -0.15) is 0 Å². The number of aromatic nitrogens is 3. The Morgan fingerprint density at radius 1 is 1.07 bits per heavy atom. The number of nitrogens with zero attached hydrogens (tertiary/aromatic N) is 4. The second-order valence-corrected chi connectivity index (χ2v) is 7.42. The first-order chi connectivity index (χ1) is 14.2. The molecular weight excluding hydrogens is 384 g/mol. The van der Waals surface area contributed by atoms with Gasteiger partial charge in [-0.1, -0.05) is 36.4 Å². The fourth-order valence-corrected chi connectivity index (χ4v) is 3.71. The first kappa shape index (κ1) is 18.9. The zero-order valence-electron chi connectivity index (χ0n) is 15.9. The number of thiophene rings is 1. The number of carbonyl (C=O) groups is 1. The molecule has 2 heterocycles. The van der Waals surface area contributed by atoms with Crippen molar-refractivity contribution in [3.05, 3.63) is 83.5 Å². The molecule has 146 valence electrons. The predicted molar refractivity (Wildman–Crippen MR) is 113 cm³/mol. The van der Waals surface area contributed by atoms with Crippen LogP contribution in [0.3, 0.4) is 0 Å². The Morgan fingerprint density at radius 2 is 1.83 bits per heavy atom. The maximum Gasteiger partial charge on any atom is 0.293 e. The zero-order chi connectivity index (χ0) is 20.2. The predicted octanol–water partition coefficient (Wildman–Crippen LogP) is 4.36. The number of phenolic OH excluding ortho intramolecular Hbond substituents is 1. The van der Waals surface area contributed by atoms with Crippen molar-refractivity contribution < 1.29 is 9.90 Å². The van der Waals surface area contributed by atoms with Crippen LogP contribution in [-0.4, -0.2) is 37.2 Å². The number of para-hydroxylation sites is 1. The Morgan fingerprint density at radius 3 is 2.48 bits per heavy atom. The van der Waals surface area contributed by atoms with Gasteiger partial charge in [0.2, 0.25) is 5.82 Å². The van der Waals surface area contributed by atoms with Crippen molar-refractivity contribution in [3.63, 3.8) is 0 Å². The summed E-state index contributed by atoms with van der Waals surface area (Å²) in [7, 11) is 0. The lowest BCUT2D eigenvalue weighted by atomic mass is 10.2. The van der Waals surface area contributed by atoms with Crippen LogP contribution in [0.1, 0.15) is 23.1 Å². The summed E-state index contributed by atoms with van der Waals surface area (Å²) in [5, 5.41) is 16.0. The van der Waals surface area contributed by atoms with Crippen molar-refractivity contribution in [1.82, 2.24) is 19.7 Å². The van der Waals surface area contributed by atoms with Crippen LogP contribution in [0.5, 0.6) is 5.75 Å². The van der Waals surface area contributed by atoms with Crippen LogP contribution in [0.2, 0.25) is 0 Å². The molecule has 0 atom stereocenters. The third-order valence-corrected chi connectivity index (χ3v) is 5.39. The van der Waals surface area contributed by atoms with Crippen LogP contribution in [-0.2, 0) is 6.54 Å². The molecule has 4 rings (SSSR count). The van der Waals surface area contributed by atoms with Crippen molar-refractivity contribution in [1.29, 1.82) is 0 Å².